The fraction of sp³-hybridized carbons (Fsp3) is 0.304. The second kappa shape index (κ2) is 9.78. The van der Waals surface area contributed by atoms with Gasteiger partial charge in [0, 0.05) is 6.54 Å². The zero-order valence-corrected chi connectivity index (χ0v) is 18.8. The number of hydrogen-bond acceptors (Lipinski definition) is 5. The lowest BCUT2D eigenvalue weighted by molar-refractivity contribution is -0.119. The van der Waals surface area contributed by atoms with Crippen LogP contribution < -0.4 is 16.2 Å². The molecule has 1 atom stereocenters. The number of rotatable bonds is 6. The van der Waals surface area contributed by atoms with Crippen LogP contribution in [0.4, 0.5) is 4.79 Å². The van der Waals surface area contributed by atoms with Crippen LogP contribution in [0.2, 0.25) is 0 Å². The smallest absolute Gasteiger partial charge is 0.321 e. The summed E-state index contributed by atoms with van der Waals surface area (Å²) < 4.78 is 1.57. The van der Waals surface area contributed by atoms with Crippen molar-refractivity contribution >= 4 is 34.6 Å². The normalized spacial score (nSPS) is 12.0. The van der Waals surface area contributed by atoms with E-state index < -0.39 is 17.2 Å². The minimum absolute atomic E-state index is 0.186. The molecule has 0 radical (unpaired) electrons. The summed E-state index contributed by atoms with van der Waals surface area (Å²) in [5, 5.41) is 5.11. The number of hydrogen-bond donors (Lipinski definition) is 2. The summed E-state index contributed by atoms with van der Waals surface area (Å²) in [6.45, 7) is 7.99. The first-order valence-corrected chi connectivity index (χ1v) is 11.1. The van der Waals surface area contributed by atoms with Gasteiger partial charge in [-0.1, -0.05) is 55.9 Å². The summed E-state index contributed by atoms with van der Waals surface area (Å²) >= 11 is 1.14. The number of fused-ring (bicyclic) bond motifs is 1. The van der Waals surface area contributed by atoms with Crippen molar-refractivity contribution < 1.29 is 9.59 Å². The van der Waals surface area contributed by atoms with Crippen molar-refractivity contribution in [2.75, 3.05) is 6.54 Å². The van der Waals surface area contributed by atoms with Gasteiger partial charge in [-0.3, -0.25) is 19.5 Å². The fourth-order valence-corrected chi connectivity index (χ4v) is 4.13. The number of nitrogens with one attached hydrogen (secondary N) is 2. The molecule has 2 aromatic carbocycles. The second-order valence-electron chi connectivity index (χ2n) is 7.37. The summed E-state index contributed by atoms with van der Waals surface area (Å²) in [5.41, 5.74) is 2.10. The quantitative estimate of drug-likeness (QED) is 0.451. The Labute approximate surface area is 185 Å². The average Bonchev–Trinajstić information content (AvgIpc) is 2.74. The van der Waals surface area contributed by atoms with Crippen LogP contribution in [0.25, 0.3) is 16.6 Å². The lowest BCUT2D eigenvalue weighted by atomic mass is 10.0. The van der Waals surface area contributed by atoms with Crippen molar-refractivity contribution in [1.29, 1.82) is 0 Å². The number of thioether (sulfide) groups is 1. The van der Waals surface area contributed by atoms with Gasteiger partial charge in [-0.2, -0.15) is 0 Å². The minimum atomic E-state index is -0.645. The zero-order chi connectivity index (χ0) is 22.5. The van der Waals surface area contributed by atoms with Crippen LogP contribution >= 0.6 is 11.8 Å². The predicted octanol–water partition coefficient (Wildman–Crippen LogP) is 3.84. The van der Waals surface area contributed by atoms with Crippen molar-refractivity contribution in [1.82, 2.24) is 20.2 Å². The molecule has 0 saturated heterocycles. The molecule has 3 aromatic rings. The molecule has 0 aliphatic heterocycles. The fourth-order valence-electron chi connectivity index (χ4n) is 3.21. The van der Waals surface area contributed by atoms with Crippen LogP contribution in [0, 0.1) is 0 Å². The van der Waals surface area contributed by atoms with Gasteiger partial charge in [-0.15, -0.1) is 0 Å². The van der Waals surface area contributed by atoms with Gasteiger partial charge < -0.3 is 5.32 Å². The molecule has 1 heterocycles. The van der Waals surface area contributed by atoms with Crippen molar-refractivity contribution in [3.05, 3.63) is 64.4 Å². The monoisotopic (exact) mass is 438 g/mol. The average molecular weight is 439 g/mol. The highest BCUT2D eigenvalue weighted by Crippen LogP contribution is 2.29. The molecule has 31 heavy (non-hydrogen) atoms. The number of carbonyl (C=O) groups excluding carboxylic acids is 2. The Kier molecular flexibility index (Phi) is 7.12. The first-order chi connectivity index (χ1) is 14.8. The number of aromatic nitrogens is 2. The van der Waals surface area contributed by atoms with E-state index in [0.29, 0.717) is 22.6 Å². The highest BCUT2D eigenvalue weighted by atomic mass is 32.2. The van der Waals surface area contributed by atoms with Gasteiger partial charge in [0.1, 0.15) is 0 Å². The summed E-state index contributed by atoms with van der Waals surface area (Å²) in [6, 6.07) is 14.3. The number of carbonyl (C=O) groups is 2. The molecule has 1 aromatic heterocycles. The molecule has 0 fully saturated rings. The van der Waals surface area contributed by atoms with Crippen LogP contribution in [-0.2, 0) is 4.79 Å². The van der Waals surface area contributed by atoms with Crippen molar-refractivity contribution in [2.45, 2.75) is 44.0 Å². The van der Waals surface area contributed by atoms with E-state index in [0.717, 1.165) is 23.0 Å². The molecule has 0 unspecified atom stereocenters. The largest absolute Gasteiger partial charge is 0.338 e. The Morgan fingerprint density at radius 3 is 2.45 bits per heavy atom. The van der Waals surface area contributed by atoms with Gasteiger partial charge in [0.15, 0.2) is 5.16 Å². The Hall–Kier alpha value is -3.13. The second-order valence-corrected chi connectivity index (χ2v) is 8.68. The number of amides is 3. The van der Waals surface area contributed by atoms with Crippen molar-refractivity contribution in [2.24, 2.45) is 0 Å². The predicted molar refractivity (Wildman–Crippen MR) is 124 cm³/mol. The van der Waals surface area contributed by atoms with E-state index >= 15 is 0 Å². The molecule has 162 valence electrons. The summed E-state index contributed by atoms with van der Waals surface area (Å²) in [6.07, 6.45) is 0. The van der Waals surface area contributed by atoms with Crippen LogP contribution in [0.15, 0.2) is 58.5 Å². The number of imide groups is 1. The van der Waals surface area contributed by atoms with Crippen molar-refractivity contribution in [3.63, 3.8) is 0 Å². The highest BCUT2D eigenvalue weighted by molar-refractivity contribution is 8.00. The standard InChI is InChI=1S/C23H26N4O3S/c1-5-24-22(30)26-20(28)15(4)31-23-25-18-12-8-6-11-17(18)21(29)27(23)19-13-9-7-10-16(19)14(2)3/h6-15H,5H2,1-4H3,(H2,24,26,28,30)/t15-/m1/s1. The van der Waals surface area contributed by atoms with Crippen LogP contribution in [0.1, 0.15) is 39.2 Å². The molecule has 3 rings (SSSR count). The first kappa shape index (κ1) is 22.6. The van der Waals surface area contributed by atoms with Gasteiger partial charge in [0.2, 0.25) is 5.91 Å². The van der Waals surface area contributed by atoms with E-state index in [1.807, 2.05) is 30.3 Å². The molecule has 0 spiro atoms. The number of urea groups is 1. The molecular formula is C23H26N4O3S. The maximum atomic E-state index is 13.5. The molecule has 7 nitrogen and oxygen atoms in total. The molecule has 0 aliphatic carbocycles. The molecule has 3 amide bonds. The molecule has 0 saturated carbocycles. The van der Waals surface area contributed by atoms with E-state index in [1.54, 1.807) is 36.6 Å². The van der Waals surface area contributed by atoms with Gasteiger partial charge in [0.25, 0.3) is 5.56 Å². The first-order valence-electron chi connectivity index (χ1n) is 10.2. The van der Waals surface area contributed by atoms with Gasteiger partial charge in [-0.25, -0.2) is 9.78 Å². The minimum Gasteiger partial charge on any atom is -0.338 e. The maximum absolute atomic E-state index is 13.5. The molecule has 8 heteroatoms. The van der Waals surface area contributed by atoms with E-state index in [2.05, 4.69) is 24.5 Å². The SMILES string of the molecule is CCNC(=O)NC(=O)[C@@H](C)Sc1nc2ccccc2c(=O)n1-c1ccccc1C(C)C. The Balaban J connectivity index is 2.11. The molecule has 0 bridgehead atoms. The molecule has 2 N–H and O–H groups in total. The number of nitrogens with zero attached hydrogens (tertiary/aromatic N) is 2. The van der Waals surface area contributed by atoms with Crippen molar-refractivity contribution in [3.8, 4) is 5.69 Å². The molecular weight excluding hydrogens is 412 g/mol. The number of para-hydroxylation sites is 2. The van der Waals surface area contributed by atoms with Crippen LogP contribution in [0.3, 0.4) is 0 Å². The van der Waals surface area contributed by atoms with Crippen LogP contribution in [0.5, 0.6) is 0 Å². The Morgan fingerprint density at radius 1 is 1.06 bits per heavy atom. The van der Waals surface area contributed by atoms with Crippen LogP contribution in [-0.4, -0.2) is 33.3 Å². The van der Waals surface area contributed by atoms with E-state index in [1.165, 1.54) is 0 Å². The number of benzene rings is 2. The lowest BCUT2D eigenvalue weighted by Gasteiger charge is -2.19. The molecule has 0 aliphatic rings. The maximum Gasteiger partial charge on any atom is 0.321 e. The Bertz CT molecular complexity index is 1170. The lowest BCUT2D eigenvalue weighted by Crippen LogP contribution is -2.42. The summed E-state index contributed by atoms with van der Waals surface area (Å²) in [4.78, 5) is 42.4. The topological polar surface area (TPSA) is 93.1 Å². The van der Waals surface area contributed by atoms with E-state index in [-0.39, 0.29) is 11.5 Å². The third-order valence-corrected chi connectivity index (χ3v) is 5.82. The zero-order valence-electron chi connectivity index (χ0n) is 18.0. The van der Waals surface area contributed by atoms with Gasteiger partial charge in [-0.05, 0) is 43.5 Å². The van der Waals surface area contributed by atoms with Gasteiger partial charge in [0.05, 0.1) is 21.8 Å². The third-order valence-electron chi connectivity index (χ3n) is 4.77. The Morgan fingerprint density at radius 2 is 1.74 bits per heavy atom. The third kappa shape index (κ3) is 4.96. The van der Waals surface area contributed by atoms with E-state index in [9.17, 15) is 14.4 Å². The highest BCUT2D eigenvalue weighted by Gasteiger charge is 2.22. The van der Waals surface area contributed by atoms with Gasteiger partial charge >= 0.3 is 6.03 Å². The summed E-state index contributed by atoms with van der Waals surface area (Å²) in [5.74, 6) is -0.270. The summed E-state index contributed by atoms with van der Waals surface area (Å²) in [7, 11) is 0. The van der Waals surface area contributed by atoms with E-state index in [4.69, 9.17) is 4.98 Å².